The van der Waals surface area contributed by atoms with E-state index in [9.17, 15) is 0 Å². The molecule has 0 aliphatic rings. The molecule has 0 aliphatic heterocycles. The largest absolute Gasteiger partial charge is 0.326 e. The average Bonchev–Trinajstić information content (AvgIpc) is 2.66. The van der Waals surface area contributed by atoms with Crippen LogP contribution < -0.4 is 0 Å². The van der Waals surface area contributed by atoms with Crippen molar-refractivity contribution in [1.82, 2.24) is 9.55 Å². The van der Waals surface area contributed by atoms with Gasteiger partial charge in [0, 0.05) is 17.9 Å². The van der Waals surface area contributed by atoms with Gasteiger partial charge in [-0.05, 0) is 26.3 Å². The van der Waals surface area contributed by atoms with Gasteiger partial charge in [0.15, 0.2) is 0 Å². The Labute approximate surface area is 93.0 Å². The van der Waals surface area contributed by atoms with Crippen LogP contribution in [0.2, 0.25) is 0 Å². The summed E-state index contributed by atoms with van der Waals surface area (Å²) < 4.78 is 2.22. The van der Waals surface area contributed by atoms with E-state index in [1.165, 1.54) is 25.7 Å². The van der Waals surface area contributed by atoms with Gasteiger partial charge in [-0.3, -0.25) is 0 Å². The maximum atomic E-state index is 4.27. The van der Waals surface area contributed by atoms with E-state index in [0.29, 0.717) is 0 Å². The third kappa shape index (κ3) is 2.95. The third-order valence-corrected chi connectivity index (χ3v) is 2.90. The zero-order valence-corrected chi connectivity index (χ0v) is 10.2. The van der Waals surface area contributed by atoms with E-state index in [-0.39, 0.29) is 5.54 Å². The first-order valence-electron chi connectivity index (χ1n) is 5.78. The second-order valence-corrected chi connectivity index (χ2v) is 4.63. The molecule has 0 N–H and O–H groups in total. The standard InChI is InChI=1S/C13H22N2/c1-5-7-8-9-13(3,4)15-11-10-14-12(15)6-2/h6,10-11H,2,5,7-9H2,1,3-4H3. The summed E-state index contributed by atoms with van der Waals surface area (Å²) in [6.07, 6.45) is 10.8. The van der Waals surface area contributed by atoms with Gasteiger partial charge < -0.3 is 4.57 Å². The summed E-state index contributed by atoms with van der Waals surface area (Å²) in [6, 6.07) is 0. The van der Waals surface area contributed by atoms with Gasteiger partial charge >= 0.3 is 0 Å². The Hall–Kier alpha value is -1.05. The Bertz CT molecular complexity index is 310. The van der Waals surface area contributed by atoms with E-state index in [4.69, 9.17) is 0 Å². The number of hydrogen-bond donors (Lipinski definition) is 0. The lowest BCUT2D eigenvalue weighted by atomic mass is 9.96. The highest BCUT2D eigenvalue weighted by molar-refractivity contribution is 5.37. The molecule has 0 aliphatic carbocycles. The first-order valence-corrected chi connectivity index (χ1v) is 5.78. The number of nitrogens with zero attached hydrogens (tertiary/aromatic N) is 2. The van der Waals surface area contributed by atoms with Gasteiger partial charge in [0.05, 0.1) is 0 Å². The molecule has 15 heavy (non-hydrogen) atoms. The summed E-state index contributed by atoms with van der Waals surface area (Å²) in [6.45, 7) is 10.5. The number of imidazole rings is 1. The zero-order valence-electron chi connectivity index (χ0n) is 10.2. The average molecular weight is 206 g/mol. The predicted molar refractivity (Wildman–Crippen MR) is 65.8 cm³/mol. The summed E-state index contributed by atoms with van der Waals surface area (Å²) in [4.78, 5) is 4.27. The van der Waals surface area contributed by atoms with Crippen LogP contribution in [0, 0.1) is 0 Å². The van der Waals surface area contributed by atoms with Crippen molar-refractivity contribution >= 4 is 6.08 Å². The highest BCUT2D eigenvalue weighted by atomic mass is 15.1. The number of unbranched alkanes of at least 4 members (excludes halogenated alkanes) is 2. The number of aromatic nitrogens is 2. The van der Waals surface area contributed by atoms with Gasteiger partial charge in [0.1, 0.15) is 5.82 Å². The second-order valence-electron chi connectivity index (χ2n) is 4.63. The summed E-state index contributed by atoms with van der Waals surface area (Å²) in [7, 11) is 0. The minimum atomic E-state index is 0.148. The van der Waals surface area contributed by atoms with Crippen molar-refractivity contribution in [3.63, 3.8) is 0 Å². The van der Waals surface area contributed by atoms with E-state index in [1.54, 1.807) is 0 Å². The number of hydrogen-bond acceptors (Lipinski definition) is 1. The molecule has 0 spiro atoms. The maximum Gasteiger partial charge on any atom is 0.132 e. The minimum Gasteiger partial charge on any atom is -0.326 e. The van der Waals surface area contributed by atoms with Crippen molar-refractivity contribution in [2.24, 2.45) is 0 Å². The fourth-order valence-electron chi connectivity index (χ4n) is 1.91. The summed E-state index contributed by atoms with van der Waals surface area (Å²) in [5.41, 5.74) is 0.148. The molecule has 0 saturated carbocycles. The van der Waals surface area contributed by atoms with Crippen LogP contribution >= 0.6 is 0 Å². The topological polar surface area (TPSA) is 17.8 Å². The first kappa shape index (κ1) is 12.0. The molecule has 0 bridgehead atoms. The molecule has 1 aromatic rings. The molecular weight excluding hydrogens is 184 g/mol. The molecule has 0 fully saturated rings. The van der Waals surface area contributed by atoms with Gasteiger partial charge in [-0.2, -0.15) is 0 Å². The second kappa shape index (κ2) is 5.15. The van der Waals surface area contributed by atoms with Gasteiger partial charge in [-0.25, -0.2) is 4.98 Å². The fraction of sp³-hybridized carbons (Fsp3) is 0.615. The normalized spacial score (nSPS) is 11.7. The molecule has 0 amide bonds. The minimum absolute atomic E-state index is 0.148. The molecule has 2 heteroatoms. The first-order chi connectivity index (χ1) is 7.11. The molecule has 0 atom stereocenters. The Balaban J connectivity index is 2.71. The molecule has 84 valence electrons. The van der Waals surface area contributed by atoms with Crippen LogP contribution in [0.25, 0.3) is 6.08 Å². The lowest BCUT2D eigenvalue weighted by Crippen LogP contribution is -2.26. The molecule has 1 rings (SSSR count). The van der Waals surface area contributed by atoms with Crippen molar-refractivity contribution in [3.05, 3.63) is 24.8 Å². The quantitative estimate of drug-likeness (QED) is 0.647. The zero-order chi connectivity index (χ0) is 11.3. The lowest BCUT2D eigenvalue weighted by molar-refractivity contribution is 0.313. The molecule has 0 radical (unpaired) electrons. The summed E-state index contributed by atoms with van der Waals surface area (Å²) in [5, 5.41) is 0. The molecule has 0 unspecified atom stereocenters. The summed E-state index contributed by atoms with van der Waals surface area (Å²) >= 11 is 0. The third-order valence-electron chi connectivity index (χ3n) is 2.90. The van der Waals surface area contributed by atoms with Crippen LogP contribution in [0.4, 0.5) is 0 Å². The Kier molecular flexibility index (Phi) is 4.13. The molecule has 1 aromatic heterocycles. The predicted octanol–water partition coefficient (Wildman–Crippen LogP) is 3.84. The van der Waals surface area contributed by atoms with Gasteiger partial charge in [-0.1, -0.05) is 32.8 Å². The van der Waals surface area contributed by atoms with Gasteiger partial charge in [-0.15, -0.1) is 0 Å². The van der Waals surface area contributed by atoms with Crippen LogP contribution in [-0.2, 0) is 5.54 Å². The molecular formula is C13H22N2. The van der Waals surface area contributed by atoms with Crippen molar-refractivity contribution in [2.45, 2.75) is 52.0 Å². The van der Waals surface area contributed by atoms with Crippen molar-refractivity contribution < 1.29 is 0 Å². The van der Waals surface area contributed by atoms with Crippen molar-refractivity contribution in [2.75, 3.05) is 0 Å². The molecule has 1 heterocycles. The van der Waals surface area contributed by atoms with Crippen molar-refractivity contribution in [3.8, 4) is 0 Å². The summed E-state index contributed by atoms with van der Waals surface area (Å²) in [5.74, 6) is 0.969. The Morgan fingerprint density at radius 3 is 2.80 bits per heavy atom. The van der Waals surface area contributed by atoms with Crippen LogP contribution in [0.1, 0.15) is 52.3 Å². The Morgan fingerprint density at radius 2 is 2.20 bits per heavy atom. The van der Waals surface area contributed by atoms with Crippen molar-refractivity contribution in [1.29, 1.82) is 0 Å². The fourth-order valence-corrected chi connectivity index (χ4v) is 1.91. The van der Waals surface area contributed by atoms with E-state index in [2.05, 4.69) is 36.9 Å². The lowest BCUT2D eigenvalue weighted by Gasteiger charge is -2.28. The van der Waals surface area contributed by atoms with Gasteiger partial charge in [0.2, 0.25) is 0 Å². The Morgan fingerprint density at radius 1 is 1.47 bits per heavy atom. The van der Waals surface area contributed by atoms with Crippen LogP contribution in [-0.4, -0.2) is 9.55 Å². The monoisotopic (exact) mass is 206 g/mol. The van der Waals surface area contributed by atoms with E-state index < -0.39 is 0 Å². The number of rotatable bonds is 6. The van der Waals surface area contributed by atoms with Crippen LogP contribution in [0.5, 0.6) is 0 Å². The highest BCUT2D eigenvalue weighted by Gasteiger charge is 2.20. The molecule has 2 nitrogen and oxygen atoms in total. The van der Waals surface area contributed by atoms with Gasteiger partial charge in [0.25, 0.3) is 0 Å². The maximum absolute atomic E-state index is 4.27. The highest BCUT2D eigenvalue weighted by Crippen LogP contribution is 2.24. The smallest absolute Gasteiger partial charge is 0.132 e. The van der Waals surface area contributed by atoms with Crippen LogP contribution in [0.3, 0.4) is 0 Å². The van der Waals surface area contributed by atoms with E-state index in [1.807, 2.05) is 18.5 Å². The van der Waals surface area contributed by atoms with Crippen LogP contribution in [0.15, 0.2) is 19.0 Å². The molecule has 0 aromatic carbocycles. The SMILES string of the molecule is C=Cc1nccn1C(C)(C)CCCCC. The molecule has 0 saturated heterocycles. The van der Waals surface area contributed by atoms with E-state index >= 15 is 0 Å². The van der Waals surface area contributed by atoms with E-state index in [0.717, 1.165) is 5.82 Å².